The van der Waals surface area contributed by atoms with Crippen LogP contribution >= 0.6 is 15.9 Å². The minimum atomic E-state index is -0.207. The van der Waals surface area contributed by atoms with Gasteiger partial charge in [-0.2, -0.15) is 0 Å². The third kappa shape index (κ3) is 4.67. The fourth-order valence-electron chi connectivity index (χ4n) is 4.24. The minimum absolute atomic E-state index is 0.0787. The molecular weight excluding hydrogens is 456 g/mol. The Morgan fingerprint density at radius 1 is 1.16 bits per heavy atom. The van der Waals surface area contributed by atoms with Crippen LogP contribution in [0, 0.1) is 12.8 Å². The lowest BCUT2D eigenvalue weighted by molar-refractivity contribution is -0.121. The molecule has 1 aliphatic heterocycles. The molecule has 1 amide bonds. The van der Waals surface area contributed by atoms with E-state index < -0.39 is 0 Å². The third-order valence-corrected chi connectivity index (χ3v) is 6.47. The second-order valence-corrected chi connectivity index (χ2v) is 9.05. The highest BCUT2D eigenvalue weighted by molar-refractivity contribution is 9.10. The summed E-state index contributed by atoms with van der Waals surface area (Å²) in [4.78, 5) is 28.5. The molecule has 31 heavy (non-hydrogen) atoms. The number of benzene rings is 2. The SMILES string of the molecule is Cc1c(NC(=O)C2CCCN(Cc3cccc(Br)c3)C2)c(=O)n(-c2ccccc2)n1C. The monoisotopic (exact) mass is 482 g/mol. The van der Waals surface area contributed by atoms with Gasteiger partial charge < -0.3 is 5.32 Å². The zero-order valence-corrected chi connectivity index (χ0v) is 19.4. The van der Waals surface area contributed by atoms with Crippen LogP contribution in [0.1, 0.15) is 24.1 Å². The van der Waals surface area contributed by atoms with Crippen LogP contribution in [-0.4, -0.2) is 33.3 Å². The summed E-state index contributed by atoms with van der Waals surface area (Å²) in [6, 6.07) is 17.7. The molecule has 2 heterocycles. The van der Waals surface area contributed by atoms with Crippen LogP contribution in [0.2, 0.25) is 0 Å². The molecule has 6 nitrogen and oxygen atoms in total. The summed E-state index contributed by atoms with van der Waals surface area (Å²) in [5, 5.41) is 2.95. The van der Waals surface area contributed by atoms with Gasteiger partial charge in [0, 0.05) is 24.6 Å². The van der Waals surface area contributed by atoms with Crippen LogP contribution in [-0.2, 0) is 18.4 Å². The highest BCUT2D eigenvalue weighted by atomic mass is 79.9. The molecule has 0 aliphatic carbocycles. The first-order chi connectivity index (χ1) is 14.9. The Morgan fingerprint density at radius 2 is 1.94 bits per heavy atom. The number of nitrogens with one attached hydrogen (secondary N) is 1. The lowest BCUT2D eigenvalue weighted by Crippen LogP contribution is -2.40. The van der Waals surface area contributed by atoms with E-state index in [9.17, 15) is 9.59 Å². The van der Waals surface area contributed by atoms with Gasteiger partial charge >= 0.3 is 0 Å². The van der Waals surface area contributed by atoms with Crippen molar-refractivity contribution in [2.75, 3.05) is 18.4 Å². The summed E-state index contributed by atoms with van der Waals surface area (Å²) in [7, 11) is 1.83. The molecular formula is C24H27BrN4O2. The van der Waals surface area contributed by atoms with Crippen LogP contribution in [0.5, 0.6) is 0 Å². The highest BCUT2D eigenvalue weighted by Gasteiger charge is 2.28. The third-order valence-electron chi connectivity index (χ3n) is 5.97. The lowest BCUT2D eigenvalue weighted by atomic mass is 9.96. The van der Waals surface area contributed by atoms with Crippen LogP contribution in [0.4, 0.5) is 5.69 Å². The van der Waals surface area contributed by atoms with Crippen molar-refractivity contribution in [3.05, 3.63) is 80.7 Å². The predicted octanol–water partition coefficient (Wildman–Crippen LogP) is 4.10. The number of carbonyl (C=O) groups is 1. The van der Waals surface area contributed by atoms with E-state index in [1.807, 2.05) is 56.4 Å². The van der Waals surface area contributed by atoms with Crippen molar-refractivity contribution in [2.45, 2.75) is 26.3 Å². The minimum Gasteiger partial charge on any atom is -0.320 e. The highest BCUT2D eigenvalue weighted by Crippen LogP contribution is 2.22. The van der Waals surface area contributed by atoms with Gasteiger partial charge in [-0.1, -0.05) is 46.3 Å². The summed E-state index contributed by atoms with van der Waals surface area (Å²) < 4.78 is 4.43. The smallest absolute Gasteiger partial charge is 0.295 e. The Labute approximate surface area is 190 Å². The lowest BCUT2D eigenvalue weighted by Gasteiger charge is -2.32. The fraction of sp³-hybridized carbons (Fsp3) is 0.333. The quantitative estimate of drug-likeness (QED) is 0.595. The van der Waals surface area contributed by atoms with E-state index in [-0.39, 0.29) is 17.4 Å². The summed E-state index contributed by atoms with van der Waals surface area (Å²) in [6.07, 6.45) is 1.80. The second kappa shape index (κ2) is 9.24. The number of likely N-dealkylation sites (tertiary alicyclic amines) is 1. The molecule has 1 aliphatic rings. The number of anilines is 1. The molecule has 1 aromatic heterocycles. The molecule has 4 rings (SSSR count). The number of piperidine rings is 1. The van der Waals surface area contributed by atoms with Crippen molar-refractivity contribution in [1.82, 2.24) is 14.3 Å². The van der Waals surface area contributed by atoms with E-state index in [2.05, 4.69) is 38.3 Å². The molecule has 0 spiro atoms. The molecule has 162 valence electrons. The largest absolute Gasteiger partial charge is 0.320 e. The van der Waals surface area contributed by atoms with Gasteiger partial charge in [0.25, 0.3) is 5.56 Å². The number of hydrogen-bond donors (Lipinski definition) is 1. The molecule has 1 unspecified atom stereocenters. The van der Waals surface area contributed by atoms with Gasteiger partial charge in [-0.05, 0) is 56.1 Å². The molecule has 1 fully saturated rings. The number of carbonyl (C=O) groups excluding carboxylic acids is 1. The molecule has 2 aromatic carbocycles. The molecule has 3 aromatic rings. The Kier molecular flexibility index (Phi) is 6.43. The maximum absolute atomic E-state index is 13.1. The summed E-state index contributed by atoms with van der Waals surface area (Å²) >= 11 is 3.52. The molecule has 1 atom stereocenters. The first-order valence-corrected chi connectivity index (χ1v) is 11.3. The standard InChI is InChI=1S/C24H27BrN4O2/c1-17-22(24(31)29(27(17)2)21-11-4-3-5-12-21)26-23(30)19-9-7-13-28(16-19)15-18-8-6-10-20(25)14-18/h3-6,8,10-12,14,19H,7,9,13,15-16H2,1-2H3,(H,26,30). The number of rotatable bonds is 5. The van der Waals surface area contributed by atoms with Gasteiger partial charge in [0.2, 0.25) is 5.91 Å². The summed E-state index contributed by atoms with van der Waals surface area (Å²) in [5.41, 5.74) is 2.89. The normalized spacial score (nSPS) is 16.9. The van der Waals surface area contributed by atoms with Crippen LogP contribution in [0.3, 0.4) is 0 Å². The van der Waals surface area contributed by atoms with Crippen molar-refractivity contribution < 1.29 is 4.79 Å². The van der Waals surface area contributed by atoms with Crippen molar-refractivity contribution >= 4 is 27.5 Å². The van der Waals surface area contributed by atoms with Crippen LogP contribution < -0.4 is 10.9 Å². The predicted molar refractivity (Wildman–Crippen MR) is 127 cm³/mol. The number of amides is 1. The van der Waals surface area contributed by atoms with Gasteiger partial charge in [-0.15, -0.1) is 0 Å². The second-order valence-electron chi connectivity index (χ2n) is 8.13. The Hall–Kier alpha value is -2.64. The zero-order chi connectivity index (χ0) is 22.0. The Morgan fingerprint density at radius 3 is 2.68 bits per heavy atom. The van der Waals surface area contributed by atoms with Crippen molar-refractivity contribution in [1.29, 1.82) is 0 Å². The van der Waals surface area contributed by atoms with Gasteiger partial charge in [0.1, 0.15) is 5.69 Å². The molecule has 7 heteroatoms. The van der Waals surface area contributed by atoms with E-state index in [1.165, 1.54) is 5.56 Å². The molecule has 1 saturated heterocycles. The average molecular weight is 483 g/mol. The number of para-hydroxylation sites is 1. The molecule has 0 bridgehead atoms. The molecule has 1 N–H and O–H groups in total. The first-order valence-electron chi connectivity index (χ1n) is 10.6. The van der Waals surface area contributed by atoms with E-state index >= 15 is 0 Å². The van der Waals surface area contributed by atoms with E-state index in [0.29, 0.717) is 12.2 Å². The number of aromatic nitrogens is 2. The Bertz CT molecular complexity index is 1140. The van der Waals surface area contributed by atoms with Gasteiger partial charge in [0.15, 0.2) is 0 Å². The molecule has 0 saturated carbocycles. The van der Waals surface area contributed by atoms with Crippen LogP contribution in [0.25, 0.3) is 5.69 Å². The van der Waals surface area contributed by atoms with E-state index in [4.69, 9.17) is 0 Å². The van der Waals surface area contributed by atoms with Crippen molar-refractivity contribution in [3.8, 4) is 5.69 Å². The van der Waals surface area contributed by atoms with Crippen LogP contribution in [0.15, 0.2) is 63.9 Å². The average Bonchev–Trinajstić information content (AvgIpc) is 2.97. The summed E-state index contributed by atoms with van der Waals surface area (Å²) in [6.45, 7) is 4.34. The van der Waals surface area contributed by atoms with Gasteiger partial charge in [0.05, 0.1) is 17.3 Å². The number of halogens is 1. The zero-order valence-electron chi connectivity index (χ0n) is 17.8. The number of hydrogen-bond acceptors (Lipinski definition) is 3. The fourth-order valence-corrected chi connectivity index (χ4v) is 4.69. The van der Waals surface area contributed by atoms with Gasteiger partial charge in [-0.3, -0.25) is 19.2 Å². The van der Waals surface area contributed by atoms with Crippen molar-refractivity contribution in [3.63, 3.8) is 0 Å². The first kappa shape index (κ1) is 21.6. The number of nitrogens with zero attached hydrogens (tertiary/aromatic N) is 3. The summed E-state index contributed by atoms with van der Waals surface area (Å²) in [5.74, 6) is -0.213. The van der Waals surface area contributed by atoms with E-state index in [0.717, 1.165) is 41.8 Å². The molecule has 0 radical (unpaired) electrons. The van der Waals surface area contributed by atoms with E-state index in [1.54, 1.807) is 9.36 Å². The maximum atomic E-state index is 13.1. The maximum Gasteiger partial charge on any atom is 0.295 e. The van der Waals surface area contributed by atoms with Crippen molar-refractivity contribution in [2.24, 2.45) is 13.0 Å². The Balaban J connectivity index is 1.49. The van der Waals surface area contributed by atoms with Gasteiger partial charge in [-0.25, -0.2) is 4.68 Å². The topological polar surface area (TPSA) is 59.3 Å².